The minimum absolute atomic E-state index is 0.258. The molecule has 0 aromatic carbocycles. The van der Waals surface area contributed by atoms with Crippen LogP contribution in [0.15, 0.2) is 0 Å². The largest absolute Gasteiger partial charge is 0.382 e. The van der Waals surface area contributed by atoms with E-state index in [2.05, 4.69) is 28.6 Å². The lowest BCUT2D eigenvalue weighted by molar-refractivity contribution is 0.110. The Bertz CT molecular complexity index is 298. The molecule has 2 N–H and O–H groups in total. The molecule has 1 unspecified atom stereocenters. The lowest BCUT2D eigenvalue weighted by Gasteiger charge is -2.09. The summed E-state index contributed by atoms with van der Waals surface area (Å²) in [5.74, 6) is 1.86. The van der Waals surface area contributed by atoms with E-state index in [1.165, 1.54) is 0 Å². The van der Waals surface area contributed by atoms with Crippen LogP contribution in [0.25, 0.3) is 0 Å². The van der Waals surface area contributed by atoms with Gasteiger partial charge in [0, 0.05) is 20.1 Å². The normalized spacial score (nSPS) is 13.1. The van der Waals surface area contributed by atoms with Gasteiger partial charge in [-0.25, -0.2) is 0 Å². The first kappa shape index (κ1) is 12.1. The first-order valence-corrected chi connectivity index (χ1v) is 5.36. The summed E-state index contributed by atoms with van der Waals surface area (Å²) in [6.07, 6.45) is 2.10. The summed E-state index contributed by atoms with van der Waals surface area (Å²) in [6.45, 7) is 5.44. The molecule has 5 heteroatoms. The number of aryl methyl sites for hydroxylation is 1. The molecule has 0 spiro atoms. The summed E-state index contributed by atoms with van der Waals surface area (Å²) in [5, 5.41) is 8.20. The number of nitrogens with two attached hydrogens (primary N) is 1. The summed E-state index contributed by atoms with van der Waals surface area (Å²) in [5.41, 5.74) is 5.57. The zero-order valence-corrected chi connectivity index (χ0v) is 9.73. The van der Waals surface area contributed by atoms with E-state index in [1.54, 1.807) is 7.11 Å². The summed E-state index contributed by atoms with van der Waals surface area (Å²) in [4.78, 5) is 0. The maximum absolute atomic E-state index is 5.57. The Morgan fingerprint density at radius 1 is 1.40 bits per heavy atom. The highest BCUT2D eigenvalue weighted by Gasteiger charge is 2.10. The van der Waals surface area contributed by atoms with Gasteiger partial charge in [-0.1, -0.05) is 0 Å². The monoisotopic (exact) mass is 212 g/mol. The van der Waals surface area contributed by atoms with Crippen LogP contribution in [-0.4, -0.2) is 28.0 Å². The second-order valence-corrected chi connectivity index (χ2v) is 3.57. The highest BCUT2D eigenvalue weighted by atomic mass is 16.5. The molecule has 86 valence electrons. The Kier molecular flexibility index (Phi) is 4.71. The van der Waals surface area contributed by atoms with Gasteiger partial charge in [-0.15, -0.1) is 10.2 Å². The Hall–Kier alpha value is -0.940. The first-order chi connectivity index (χ1) is 7.22. The number of rotatable bonds is 6. The summed E-state index contributed by atoms with van der Waals surface area (Å²) < 4.78 is 7.27. The Balaban J connectivity index is 2.64. The van der Waals surface area contributed by atoms with E-state index in [1.807, 2.05) is 0 Å². The van der Waals surface area contributed by atoms with Crippen LogP contribution >= 0.6 is 0 Å². The van der Waals surface area contributed by atoms with Gasteiger partial charge in [-0.05, 0) is 20.3 Å². The SMILES string of the molecule is CCn1c(CN)nnc1CCC(C)OC. The van der Waals surface area contributed by atoms with Crippen molar-refractivity contribution in [2.45, 2.75) is 45.9 Å². The topological polar surface area (TPSA) is 66.0 Å². The number of aromatic nitrogens is 3. The third-order valence-corrected chi connectivity index (χ3v) is 2.58. The van der Waals surface area contributed by atoms with Gasteiger partial charge in [-0.3, -0.25) is 0 Å². The van der Waals surface area contributed by atoms with Crippen molar-refractivity contribution in [3.8, 4) is 0 Å². The Labute approximate surface area is 90.6 Å². The zero-order chi connectivity index (χ0) is 11.3. The predicted molar refractivity (Wildman–Crippen MR) is 58.4 cm³/mol. The van der Waals surface area contributed by atoms with E-state index in [0.717, 1.165) is 31.0 Å². The fraction of sp³-hybridized carbons (Fsp3) is 0.800. The molecule has 1 rings (SSSR count). The summed E-state index contributed by atoms with van der Waals surface area (Å²) >= 11 is 0. The van der Waals surface area contributed by atoms with Gasteiger partial charge in [0.05, 0.1) is 12.6 Å². The van der Waals surface area contributed by atoms with Gasteiger partial charge in [0.15, 0.2) is 0 Å². The molecule has 0 radical (unpaired) electrons. The predicted octanol–water partition coefficient (Wildman–Crippen LogP) is 0.724. The van der Waals surface area contributed by atoms with Crippen LogP contribution in [-0.2, 0) is 24.2 Å². The highest BCUT2D eigenvalue weighted by Crippen LogP contribution is 2.07. The van der Waals surface area contributed by atoms with Crippen molar-refractivity contribution in [1.82, 2.24) is 14.8 Å². The fourth-order valence-corrected chi connectivity index (χ4v) is 1.52. The molecule has 1 aromatic rings. The van der Waals surface area contributed by atoms with Crippen molar-refractivity contribution >= 4 is 0 Å². The van der Waals surface area contributed by atoms with Crippen molar-refractivity contribution in [3.63, 3.8) is 0 Å². The third-order valence-electron chi connectivity index (χ3n) is 2.58. The molecule has 0 aliphatic rings. The zero-order valence-electron chi connectivity index (χ0n) is 9.73. The maximum Gasteiger partial charge on any atom is 0.146 e. The van der Waals surface area contributed by atoms with Gasteiger partial charge >= 0.3 is 0 Å². The summed E-state index contributed by atoms with van der Waals surface area (Å²) in [7, 11) is 1.72. The molecule has 0 aliphatic heterocycles. The second-order valence-electron chi connectivity index (χ2n) is 3.57. The molecule has 0 saturated heterocycles. The Morgan fingerprint density at radius 3 is 2.60 bits per heavy atom. The number of nitrogens with zero attached hydrogens (tertiary/aromatic N) is 3. The van der Waals surface area contributed by atoms with Crippen LogP contribution in [0.4, 0.5) is 0 Å². The minimum atomic E-state index is 0.258. The molecule has 1 heterocycles. The van der Waals surface area contributed by atoms with Crippen LogP contribution in [0, 0.1) is 0 Å². The average Bonchev–Trinajstić information content (AvgIpc) is 2.67. The average molecular weight is 212 g/mol. The molecule has 0 fully saturated rings. The highest BCUT2D eigenvalue weighted by molar-refractivity contribution is 4.95. The van der Waals surface area contributed by atoms with Crippen LogP contribution < -0.4 is 5.73 Å². The molecule has 1 aromatic heterocycles. The maximum atomic E-state index is 5.57. The fourth-order valence-electron chi connectivity index (χ4n) is 1.52. The standard InChI is InChI=1S/C10H20N4O/c1-4-14-9(6-5-8(2)15-3)12-13-10(14)7-11/h8H,4-7,11H2,1-3H3. The second kappa shape index (κ2) is 5.82. The van der Waals surface area contributed by atoms with Gasteiger partial charge < -0.3 is 15.0 Å². The molecular weight excluding hydrogens is 192 g/mol. The quantitative estimate of drug-likeness (QED) is 0.754. The molecule has 0 aliphatic carbocycles. The van der Waals surface area contributed by atoms with Crippen molar-refractivity contribution in [2.24, 2.45) is 5.73 Å². The third kappa shape index (κ3) is 3.00. The first-order valence-electron chi connectivity index (χ1n) is 5.36. The van der Waals surface area contributed by atoms with E-state index in [9.17, 15) is 0 Å². The van der Waals surface area contributed by atoms with Crippen molar-refractivity contribution in [1.29, 1.82) is 0 Å². The van der Waals surface area contributed by atoms with Crippen molar-refractivity contribution < 1.29 is 4.74 Å². The van der Waals surface area contributed by atoms with Crippen LogP contribution in [0.2, 0.25) is 0 Å². The number of hydrogen-bond donors (Lipinski definition) is 1. The van der Waals surface area contributed by atoms with E-state index < -0.39 is 0 Å². The number of hydrogen-bond acceptors (Lipinski definition) is 4. The summed E-state index contributed by atoms with van der Waals surface area (Å²) in [6, 6.07) is 0. The van der Waals surface area contributed by atoms with Gasteiger partial charge in [0.2, 0.25) is 0 Å². The van der Waals surface area contributed by atoms with Gasteiger partial charge in [0.25, 0.3) is 0 Å². The molecule has 0 amide bonds. The molecule has 15 heavy (non-hydrogen) atoms. The lowest BCUT2D eigenvalue weighted by Crippen LogP contribution is -2.12. The minimum Gasteiger partial charge on any atom is -0.382 e. The van der Waals surface area contributed by atoms with Crippen LogP contribution in [0.3, 0.4) is 0 Å². The lowest BCUT2D eigenvalue weighted by atomic mass is 10.2. The van der Waals surface area contributed by atoms with E-state index in [-0.39, 0.29) is 6.10 Å². The molecule has 5 nitrogen and oxygen atoms in total. The van der Waals surface area contributed by atoms with Gasteiger partial charge in [0.1, 0.15) is 11.6 Å². The van der Waals surface area contributed by atoms with E-state index in [4.69, 9.17) is 10.5 Å². The smallest absolute Gasteiger partial charge is 0.146 e. The van der Waals surface area contributed by atoms with Crippen molar-refractivity contribution in [3.05, 3.63) is 11.6 Å². The molecule has 1 atom stereocenters. The van der Waals surface area contributed by atoms with E-state index in [0.29, 0.717) is 6.54 Å². The van der Waals surface area contributed by atoms with Gasteiger partial charge in [-0.2, -0.15) is 0 Å². The van der Waals surface area contributed by atoms with Crippen LogP contribution in [0.5, 0.6) is 0 Å². The molecule has 0 saturated carbocycles. The van der Waals surface area contributed by atoms with E-state index >= 15 is 0 Å². The Morgan fingerprint density at radius 2 is 2.07 bits per heavy atom. The number of methoxy groups -OCH3 is 1. The van der Waals surface area contributed by atoms with Crippen molar-refractivity contribution in [2.75, 3.05) is 7.11 Å². The molecule has 0 bridgehead atoms. The molecular formula is C10H20N4O. The van der Waals surface area contributed by atoms with Crippen LogP contribution in [0.1, 0.15) is 31.9 Å². The number of ether oxygens (including phenoxy) is 1.